The van der Waals surface area contributed by atoms with Gasteiger partial charge in [-0.3, -0.25) is 4.79 Å². The van der Waals surface area contributed by atoms with E-state index >= 15 is 0 Å². The number of nitriles is 1. The van der Waals surface area contributed by atoms with Gasteiger partial charge in [-0.1, -0.05) is 42.0 Å². The number of hydrogen-bond acceptors (Lipinski definition) is 4. The Labute approximate surface area is 148 Å². The summed E-state index contributed by atoms with van der Waals surface area (Å²) in [5, 5.41) is 11.2. The summed E-state index contributed by atoms with van der Waals surface area (Å²) in [4.78, 5) is 11.4. The van der Waals surface area contributed by atoms with Crippen LogP contribution in [0.3, 0.4) is 0 Å². The van der Waals surface area contributed by atoms with Crippen LogP contribution in [0.25, 0.3) is 0 Å². The van der Waals surface area contributed by atoms with Crippen molar-refractivity contribution in [1.82, 2.24) is 5.32 Å². The van der Waals surface area contributed by atoms with Gasteiger partial charge in [-0.2, -0.15) is 5.26 Å². The minimum Gasteiger partial charge on any atom is -0.493 e. The van der Waals surface area contributed by atoms with Gasteiger partial charge in [-0.05, 0) is 30.5 Å². The van der Waals surface area contributed by atoms with Gasteiger partial charge in [0.2, 0.25) is 5.91 Å². The number of carbonyl (C=O) groups excluding carboxylic acids is 1. The highest BCUT2D eigenvalue weighted by molar-refractivity contribution is 5.77. The molecule has 0 aromatic heterocycles. The number of nitrogens with zero attached hydrogens (tertiary/aromatic N) is 1. The van der Waals surface area contributed by atoms with Gasteiger partial charge in [0.05, 0.1) is 13.2 Å². The van der Waals surface area contributed by atoms with Gasteiger partial charge in [-0.25, -0.2) is 0 Å². The normalized spacial score (nSPS) is 9.96. The number of carbonyl (C=O) groups is 1. The Morgan fingerprint density at radius 1 is 1.20 bits per heavy atom. The fraction of sp³-hybridized carbons (Fsp3) is 0.300. The third-order valence-electron chi connectivity index (χ3n) is 3.74. The minimum atomic E-state index is -0.271. The first-order valence-electron chi connectivity index (χ1n) is 8.12. The van der Waals surface area contributed by atoms with Crippen LogP contribution in [-0.4, -0.2) is 19.6 Å². The summed E-state index contributed by atoms with van der Waals surface area (Å²) >= 11 is 0. The van der Waals surface area contributed by atoms with Gasteiger partial charge in [-0.15, -0.1) is 0 Å². The van der Waals surface area contributed by atoms with Crippen molar-refractivity contribution < 1.29 is 14.3 Å². The molecule has 1 amide bonds. The molecule has 0 bridgehead atoms. The molecule has 2 rings (SSSR count). The lowest BCUT2D eigenvalue weighted by Gasteiger charge is -2.15. The Balaban J connectivity index is 2.05. The minimum absolute atomic E-state index is 0.130. The second-order valence-corrected chi connectivity index (χ2v) is 5.66. The van der Waals surface area contributed by atoms with Gasteiger partial charge >= 0.3 is 0 Å². The van der Waals surface area contributed by atoms with Gasteiger partial charge in [0.25, 0.3) is 0 Å². The summed E-state index contributed by atoms with van der Waals surface area (Å²) in [5.74, 6) is 1.07. The summed E-state index contributed by atoms with van der Waals surface area (Å²) in [6.45, 7) is 2.92. The van der Waals surface area contributed by atoms with Crippen LogP contribution in [0, 0.1) is 18.3 Å². The second kappa shape index (κ2) is 9.33. The molecule has 2 aromatic rings. The Morgan fingerprint density at radius 3 is 2.64 bits per heavy atom. The maximum atomic E-state index is 11.4. The molecule has 0 heterocycles. The van der Waals surface area contributed by atoms with E-state index in [-0.39, 0.29) is 12.3 Å². The average Bonchev–Trinajstić information content (AvgIpc) is 2.62. The van der Waals surface area contributed by atoms with Crippen molar-refractivity contribution in [3.05, 3.63) is 59.2 Å². The molecular formula is C20H22N2O3. The van der Waals surface area contributed by atoms with E-state index in [1.165, 1.54) is 5.56 Å². The number of amides is 1. The highest BCUT2D eigenvalue weighted by Crippen LogP contribution is 2.32. The van der Waals surface area contributed by atoms with Crippen LogP contribution >= 0.6 is 0 Å². The molecule has 25 heavy (non-hydrogen) atoms. The van der Waals surface area contributed by atoms with E-state index in [9.17, 15) is 4.79 Å². The molecule has 130 valence electrons. The van der Waals surface area contributed by atoms with Crippen LogP contribution in [0.5, 0.6) is 11.5 Å². The van der Waals surface area contributed by atoms with Crippen LogP contribution in [0.4, 0.5) is 0 Å². The van der Waals surface area contributed by atoms with Crippen molar-refractivity contribution in [3.8, 4) is 17.6 Å². The number of rotatable bonds is 8. The molecule has 0 fully saturated rings. The maximum absolute atomic E-state index is 11.4. The zero-order chi connectivity index (χ0) is 18.1. The molecule has 1 N–H and O–H groups in total. The highest BCUT2D eigenvalue weighted by Gasteiger charge is 2.11. The summed E-state index contributed by atoms with van der Waals surface area (Å²) in [6.07, 6.45) is 0.465. The molecule has 0 saturated heterocycles. The number of methoxy groups -OCH3 is 1. The smallest absolute Gasteiger partial charge is 0.234 e. The predicted octanol–water partition coefficient (Wildman–Crippen LogP) is 3.16. The first-order valence-corrected chi connectivity index (χ1v) is 8.12. The van der Waals surface area contributed by atoms with Gasteiger partial charge in [0, 0.05) is 6.54 Å². The lowest BCUT2D eigenvalue weighted by atomic mass is 10.1. The predicted molar refractivity (Wildman–Crippen MR) is 95.4 cm³/mol. The zero-order valence-electron chi connectivity index (χ0n) is 14.5. The van der Waals surface area contributed by atoms with Crippen LogP contribution < -0.4 is 14.8 Å². The monoisotopic (exact) mass is 338 g/mol. The molecule has 5 heteroatoms. The Morgan fingerprint density at radius 2 is 1.96 bits per heavy atom. The second-order valence-electron chi connectivity index (χ2n) is 5.66. The number of aryl methyl sites for hydroxylation is 1. The van der Waals surface area contributed by atoms with E-state index < -0.39 is 0 Å². The van der Waals surface area contributed by atoms with Crippen LogP contribution in [0.1, 0.15) is 23.1 Å². The van der Waals surface area contributed by atoms with Crippen molar-refractivity contribution in [1.29, 1.82) is 5.26 Å². The van der Waals surface area contributed by atoms with E-state index in [1.807, 2.05) is 55.5 Å². The van der Waals surface area contributed by atoms with Crippen LogP contribution in [0.2, 0.25) is 0 Å². The number of para-hydroxylation sites is 1. The lowest BCUT2D eigenvalue weighted by molar-refractivity contribution is -0.120. The quantitative estimate of drug-likeness (QED) is 0.802. The van der Waals surface area contributed by atoms with E-state index in [2.05, 4.69) is 5.32 Å². The molecule has 0 spiro atoms. The van der Waals surface area contributed by atoms with Crippen molar-refractivity contribution in [2.45, 2.75) is 26.4 Å². The average molecular weight is 338 g/mol. The molecule has 0 saturated carbocycles. The summed E-state index contributed by atoms with van der Waals surface area (Å²) < 4.78 is 11.4. The Bertz CT molecular complexity index is 749. The first-order chi connectivity index (χ1) is 12.1. The third-order valence-corrected chi connectivity index (χ3v) is 3.74. The number of ether oxygens (including phenoxy) is 2. The largest absolute Gasteiger partial charge is 0.493 e. The molecule has 5 nitrogen and oxygen atoms in total. The fourth-order valence-electron chi connectivity index (χ4n) is 2.39. The van der Waals surface area contributed by atoms with Gasteiger partial charge < -0.3 is 14.8 Å². The fourth-order valence-corrected chi connectivity index (χ4v) is 2.39. The van der Waals surface area contributed by atoms with E-state index in [0.29, 0.717) is 31.1 Å². The molecule has 0 radical (unpaired) electrons. The Kier molecular flexibility index (Phi) is 6.85. The summed E-state index contributed by atoms with van der Waals surface area (Å²) in [6, 6.07) is 15.7. The molecule has 2 aromatic carbocycles. The van der Waals surface area contributed by atoms with E-state index in [1.54, 1.807) is 7.11 Å². The zero-order valence-corrected chi connectivity index (χ0v) is 14.5. The SMILES string of the molecule is COc1cccc(CCNC(=O)CC#N)c1OCc1ccc(C)cc1. The standard InChI is InChI=1S/C20H22N2O3/c1-15-6-8-16(9-7-15)14-25-20-17(4-3-5-18(20)24-2)11-13-22-19(23)10-12-21/h3-9H,10-11,13-14H2,1-2H3,(H,22,23). The molecule has 0 aliphatic rings. The number of benzene rings is 2. The van der Waals surface area contributed by atoms with Crippen molar-refractivity contribution in [2.24, 2.45) is 0 Å². The Hall–Kier alpha value is -3.00. The third kappa shape index (κ3) is 5.54. The molecule has 0 unspecified atom stereocenters. The van der Waals surface area contributed by atoms with Crippen molar-refractivity contribution in [3.63, 3.8) is 0 Å². The van der Waals surface area contributed by atoms with Gasteiger partial charge in [0.1, 0.15) is 13.0 Å². The van der Waals surface area contributed by atoms with Crippen LogP contribution in [-0.2, 0) is 17.8 Å². The highest BCUT2D eigenvalue weighted by atomic mass is 16.5. The number of hydrogen-bond donors (Lipinski definition) is 1. The van der Waals surface area contributed by atoms with Crippen molar-refractivity contribution >= 4 is 5.91 Å². The van der Waals surface area contributed by atoms with E-state index in [4.69, 9.17) is 14.7 Å². The van der Waals surface area contributed by atoms with Crippen molar-refractivity contribution in [2.75, 3.05) is 13.7 Å². The molecular weight excluding hydrogens is 316 g/mol. The first kappa shape index (κ1) is 18.3. The molecule has 0 aliphatic heterocycles. The van der Waals surface area contributed by atoms with Crippen LogP contribution in [0.15, 0.2) is 42.5 Å². The summed E-state index contributed by atoms with van der Waals surface area (Å²) in [5.41, 5.74) is 3.23. The topological polar surface area (TPSA) is 71.3 Å². The maximum Gasteiger partial charge on any atom is 0.234 e. The van der Waals surface area contributed by atoms with Gasteiger partial charge in [0.15, 0.2) is 11.5 Å². The van der Waals surface area contributed by atoms with E-state index in [0.717, 1.165) is 11.1 Å². The lowest BCUT2D eigenvalue weighted by Crippen LogP contribution is -2.25. The summed E-state index contributed by atoms with van der Waals surface area (Å²) in [7, 11) is 1.60. The molecule has 0 aliphatic carbocycles. The molecule has 0 atom stereocenters. The number of nitrogens with one attached hydrogen (secondary N) is 1.